The van der Waals surface area contributed by atoms with Gasteiger partial charge in [0, 0.05) is 0 Å². The Kier molecular flexibility index (Phi) is 16.8. The molecule has 0 aromatic carbocycles. The van der Waals surface area contributed by atoms with E-state index in [0.29, 0.717) is 0 Å². The molecule has 0 bridgehead atoms. The van der Waals surface area contributed by atoms with Crippen LogP contribution in [0.3, 0.4) is 0 Å². The van der Waals surface area contributed by atoms with Crippen molar-refractivity contribution in [1.82, 2.24) is 0 Å². The summed E-state index contributed by atoms with van der Waals surface area (Å²) in [6.45, 7) is 8.27. The first kappa shape index (κ1) is 12.8. The summed E-state index contributed by atoms with van der Waals surface area (Å²) in [6, 6.07) is 0. The average molecular weight is 244 g/mol. The van der Waals surface area contributed by atoms with Gasteiger partial charge in [-0.1, -0.05) is 32.6 Å². The van der Waals surface area contributed by atoms with Gasteiger partial charge in [0.15, 0.2) is 0 Å². The van der Waals surface area contributed by atoms with E-state index in [-0.39, 0.29) is 0 Å². The molecule has 0 aliphatic rings. The van der Waals surface area contributed by atoms with Gasteiger partial charge in [0.25, 0.3) is 0 Å². The van der Waals surface area contributed by atoms with Gasteiger partial charge in [0.2, 0.25) is 0 Å². The van der Waals surface area contributed by atoms with Gasteiger partial charge in [0.05, 0.1) is 0 Å². The van der Waals surface area contributed by atoms with Crippen LogP contribution in [0.5, 0.6) is 0 Å². The van der Waals surface area contributed by atoms with Crippen molar-refractivity contribution in [3.8, 4) is 0 Å². The third-order valence-electron chi connectivity index (χ3n) is 1.27. The molecule has 0 aromatic heterocycles. The van der Waals surface area contributed by atoms with Crippen LogP contribution in [0.25, 0.3) is 0 Å². The van der Waals surface area contributed by atoms with Crippen LogP contribution in [0.15, 0.2) is 0 Å². The Morgan fingerprint density at radius 1 is 1.56 bits per heavy atom. The van der Waals surface area contributed by atoms with Crippen molar-refractivity contribution in [3.63, 3.8) is 0 Å². The molecule has 0 radical (unpaired) electrons. The summed E-state index contributed by atoms with van der Waals surface area (Å²) in [7, 11) is 0. The van der Waals surface area contributed by atoms with Crippen LogP contribution in [0.1, 0.15) is 33.1 Å². The molecule has 52 valence electrons. The first-order chi connectivity index (χ1) is 4.31. The number of halogens is 1. The molecule has 0 saturated heterocycles. The van der Waals surface area contributed by atoms with Gasteiger partial charge in [-0.05, 0) is 0 Å². The predicted octanol–water partition coefficient (Wildman–Crippen LogP) is 3.49. The van der Waals surface area contributed by atoms with Gasteiger partial charge in [-0.2, -0.15) is 6.42 Å². The summed E-state index contributed by atoms with van der Waals surface area (Å²) < 4.78 is 0. The second-order valence-electron chi connectivity index (χ2n) is 2.18. The third-order valence-corrected chi connectivity index (χ3v) is 1.27. The molecule has 1 unspecified atom stereocenters. The van der Waals surface area contributed by atoms with E-state index in [1.54, 1.807) is 0 Å². The molecule has 0 amide bonds. The molecule has 0 nitrogen and oxygen atoms in total. The van der Waals surface area contributed by atoms with Crippen molar-refractivity contribution in [2.45, 2.75) is 33.1 Å². The Morgan fingerprint density at radius 3 is 2.11 bits per heavy atom. The van der Waals surface area contributed by atoms with Crippen molar-refractivity contribution < 1.29 is 16.3 Å². The van der Waals surface area contributed by atoms with E-state index in [1.807, 2.05) is 0 Å². The zero-order valence-electron chi connectivity index (χ0n) is 6.49. The normalized spacial score (nSPS) is 11.8. The van der Waals surface area contributed by atoms with E-state index in [2.05, 4.69) is 34.4 Å². The molecule has 0 spiro atoms. The minimum atomic E-state index is 0.838. The van der Waals surface area contributed by atoms with Crippen molar-refractivity contribution in [3.05, 3.63) is 6.92 Å². The van der Waals surface area contributed by atoms with Crippen molar-refractivity contribution >= 4 is 13.6 Å². The summed E-state index contributed by atoms with van der Waals surface area (Å²) in [5.41, 5.74) is 0. The molecule has 0 aliphatic heterocycles. The summed E-state index contributed by atoms with van der Waals surface area (Å²) in [4.78, 5) is 0. The third kappa shape index (κ3) is 12.3. The van der Waals surface area contributed by atoms with E-state index in [9.17, 15) is 0 Å². The fraction of sp³-hybridized carbons (Fsp3) is 0.857. The maximum absolute atomic E-state index is 3.80. The second-order valence-corrected chi connectivity index (χ2v) is 2.18. The zero-order chi connectivity index (χ0) is 7.70. The average Bonchev–Trinajstić information content (AvgIpc) is 1.93. The Bertz CT molecular complexity index is 39.9. The first-order valence-corrected chi connectivity index (χ1v) is 10.3. The molecular weight excluding hydrogens is 229 g/mol. The van der Waals surface area contributed by atoms with Gasteiger partial charge in [-0.15, -0.1) is 0 Å². The topological polar surface area (TPSA) is 0 Å². The molecule has 0 aliphatic carbocycles. The van der Waals surface area contributed by atoms with Gasteiger partial charge in [-0.25, -0.2) is 0 Å². The maximum atomic E-state index is 3.80. The van der Waals surface area contributed by atoms with Gasteiger partial charge >= 0.3 is 30.0 Å². The second kappa shape index (κ2) is 11.8. The summed E-state index contributed by atoms with van der Waals surface area (Å²) in [5, 5.41) is 0. The van der Waals surface area contributed by atoms with Crippen molar-refractivity contribution in [2.75, 3.05) is 0 Å². The molecule has 9 heavy (non-hydrogen) atoms. The van der Waals surface area contributed by atoms with E-state index in [0.717, 1.165) is 12.3 Å². The Balaban J connectivity index is 0. The fourth-order valence-corrected chi connectivity index (χ4v) is 0.637. The van der Waals surface area contributed by atoms with Crippen LogP contribution in [-0.4, -0.2) is 0 Å². The Hall–Kier alpha value is 1.10. The van der Waals surface area contributed by atoms with Crippen LogP contribution in [0.2, 0.25) is 0 Å². The molecule has 0 heterocycles. The van der Waals surface area contributed by atoms with Crippen LogP contribution >= 0.6 is 13.6 Å². The van der Waals surface area contributed by atoms with Crippen molar-refractivity contribution in [2.24, 2.45) is 5.92 Å². The van der Waals surface area contributed by atoms with E-state index >= 15 is 0 Å². The molecule has 2 heteroatoms. The van der Waals surface area contributed by atoms with E-state index < -0.39 is 0 Å². The summed E-state index contributed by atoms with van der Waals surface area (Å²) in [6.07, 6.45) is 3.73. The van der Waals surface area contributed by atoms with E-state index in [1.165, 1.54) is 29.2 Å². The molecule has 0 fully saturated rings. The summed E-state index contributed by atoms with van der Waals surface area (Å²) in [5.74, 6) is 0.838. The minimum absolute atomic E-state index is 0.838. The monoisotopic (exact) mass is 242 g/mol. The number of rotatable bonds is 3. The molecule has 0 rings (SSSR count). The number of hydrogen-bond acceptors (Lipinski definition) is 0. The molecular formula is C7H15BrZn. The molecule has 0 saturated carbocycles. The van der Waals surface area contributed by atoms with Crippen LogP contribution in [0.4, 0.5) is 0 Å². The van der Waals surface area contributed by atoms with Crippen LogP contribution in [0, 0.1) is 12.8 Å². The Labute approximate surface area is 75.8 Å². The predicted molar refractivity (Wildman–Crippen MR) is 43.0 cm³/mol. The van der Waals surface area contributed by atoms with Crippen LogP contribution in [-0.2, 0) is 16.3 Å². The number of hydrogen-bond donors (Lipinski definition) is 0. The van der Waals surface area contributed by atoms with Gasteiger partial charge in [-0.3, -0.25) is 0 Å². The Morgan fingerprint density at radius 2 is 2.00 bits per heavy atom. The quantitative estimate of drug-likeness (QED) is 0.527. The van der Waals surface area contributed by atoms with Crippen LogP contribution < -0.4 is 0 Å². The SMILES string of the molecule is [CH2-]CC(C)CCC.[Zn+][Br]. The fourth-order valence-electron chi connectivity index (χ4n) is 0.637. The van der Waals surface area contributed by atoms with Gasteiger partial charge in [0.1, 0.15) is 0 Å². The van der Waals surface area contributed by atoms with E-state index in [4.69, 9.17) is 0 Å². The van der Waals surface area contributed by atoms with Gasteiger partial charge < -0.3 is 6.92 Å². The first-order valence-electron chi connectivity index (χ1n) is 3.37. The zero-order valence-corrected chi connectivity index (χ0v) is 11.0. The summed E-state index contributed by atoms with van der Waals surface area (Å²) >= 11 is 4.25. The van der Waals surface area contributed by atoms with Crippen molar-refractivity contribution in [1.29, 1.82) is 0 Å². The molecule has 0 aromatic rings. The standard InChI is InChI=1S/C7H15.BrH.Zn/c1-4-6-7(3)5-2;;/h7H,2,4-6H2,1,3H3;1H;/q-1;;+2/p-1. The molecule has 0 N–H and O–H groups in total. The molecule has 1 atom stereocenters.